The lowest BCUT2D eigenvalue weighted by atomic mass is 9.91. The molecule has 1 amide bonds. The van der Waals surface area contributed by atoms with Gasteiger partial charge in [-0.2, -0.15) is 0 Å². The van der Waals surface area contributed by atoms with Gasteiger partial charge in [0.1, 0.15) is 10.5 Å². The number of carbonyl (C=O) groups is 1. The molecule has 3 aromatic heterocycles. The molecule has 118 valence electrons. The Balaban J connectivity index is 1.45. The first-order valence-corrected chi connectivity index (χ1v) is 8.77. The molecule has 23 heavy (non-hydrogen) atoms. The summed E-state index contributed by atoms with van der Waals surface area (Å²) in [6.07, 6.45) is 8.73. The molecule has 3 aromatic rings. The maximum atomic E-state index is 12.5. The van der Waals surface area contributed by atoms with Crippen molar-refractivity contribution in [2.24, 2.45) is 5.92 Å². The van der Waals surface area contributed by atoms with Crippen molar-refractivity contribution in [2.45, 2.75) is 19.3 Å². The van der Waals surface area contributed by atoms with Crippen molar-refractivity contribution in [1.82, 2.24) is 19.9 Å². The van der Waals surface area contributed by atoms with E-state index in [1.54, 1.807) is 11.7 Å². The SMILES string of the molecule is O=C(c1cncs1)N1CCCC(Cc2cnc3[nH]ccc3c2)C1. The number of amides is 1. The summed E-state index contributed by atoms with van der Waals surface area (Å²) in [6.45, 7) is 1.67. The smallest absolute Gasteiger partial charge is 0.265 e. The largest absolute Gasteiger partial charge is 0.346 e. The lowest BCUT2D eigenvalue weighted by molar-refractivity contribution is 0.0678. The average molecular weight is 326 g/mol. The van der Waals surface area contributed by atoms with Gasteiger partial charge in [0.25, 0.3) is 5.91 Å². The first-order valence-electron chi connectivity index (χ1n) is 7.89. The fourth-order valence-electron chi connectivity index (χ4n) is 3.32. The van der Waals surface area contributed by atoms with Crippen molar-refractivity contribution >= 4 is 28.3 Å². The second-order valence-electron chi connectivity index (χ2n) is 6.09. The molecule has 6 heteroatoms. The van der Waals surface area contributed by atoms with Crippen LogP contribution in [0.3, 0.4) is 0 Å². The van der Waals surface area contributed by atoms with Crippen molar-refractivity contribution in [2.75, 3.05) is 13.1 Å². The molecule has 0 saturated carbocycles. The number of pyridine rings is 1. The normalized spacial score (nSPS) is 18.4. The zero-order valence-corrected chi connectivity index (χ0v) is 13.6. The zero-order valence-electron chi connectivity index (χ0n) is 12.7. The first-order chi connectivity index (χ1) is 11.3. The summed E-state index contributed by atoms with van der Waals surface area (Å²) in [4.78, 5) is 26.8. The Hall–Kier alpha value is -2.21. The van der Waals surface area contributed by atoms with Crippen LogP contribution in [-0.4, -0.2) is 38.8 Å². The van der Waals surface area contributed by atoms with Crippen molar-refractivity contribution in [3.05, 3.63) is 46.7 Å². The molecule has 1 atom stereocenters. The van der Waals surface area contributed by atoms with E-state index in [2.05, 4.69) is 21.0 Å². The fraction of sp³-hybridized carbons (Fsp3) is 0.353. The highest BCUT2D eigenvalue weighted by Crippen LogP contribution is 2.24. The molecule has 0 spiro atoms. The Morgan fingerprint density at radius 3 is 3.26 bits per heavy atom. The van der Waals surface area contributed by atoms with Crippen LogP contribution in [0.15, 0.2) is 36.2 Å². The van der Waals surface area contributed by atoms with Crippen LogP contribution in [0.1, 0.15) is 28.1 Å². The molecule has 1 fully saturated rings. The number of nitrogens with zero attached hydrogens (tertiary/aromatic N) is 3. The number of likely N-dealkylation sites (tertiary alicyclic amines) is 1. The minimum atomic E-state index is 0.122. The summed E-state index contributed by atoms with van der Waals surface area (Å²) in [6, 6.07) is 4.25. The second kappa shape index (κ2) is 6.12. The number of fused-ring (bicyclic) bond motifs is 1. The number of piperidine rings is 1. The molecular weight excluding hydrogens is 308 g/mol. The summed E-state index contributed by atoms with van der Waals surface area (Å²) in [5, 5.41) is 1.15. The number of thiazole rings is 1. The first kappa shape index (κ1) is 14.4. The maximum Gasteiger partial charge on any atom is 0.265 e. The Morgan fingerprint density at radius 2 is 2.39 bits per heavy atom. The summed E-state index contributed by atoms with van der Waals surface area (Å²) >= 11 is 1.42. The van der Waals surface area contributed by atoms with Crippen molar-refractivity contribution in [3.8, 4) is 0 Å². The monoisotopic (exact) mass is 326 g/mol. The van der Waals surface area contributed by atoms with Gasteiger partial charge in [-0.15, -0.1) is 11.3 Å². The lowest BCUT2D eigenvalue weighted by Crippen LogP contribution is -2.40. The second-order valence-corrected chi connectivity index (χ2v) is 6.97. The van der Waals surface area contributed by atoms with E-state index in [0.29, 0.717) is 5.92 Å². The number of hydrogen-bond donors (Lipinski definition) is 1. The highest BCUT2D eigenvalue weighted by Gasteiger charge is 2.25. The minimum absolute atomic E-state index is 0.122. The van der Waals surface area contributed by atoms with Crippen LogP contribution in [0.25, 0.3) is 11.0 Å². The molecule has 0 aliphatic carbocycles. The lowest BCUT2D eigenvalue weighted by Gasteiger charge is -2.32. The maximum absolute atomic E-state index is 12.5. The number of carbonyl (C=O) groups excluding carboxylic acids is 1. The van der Waals surface area contributed by atoms with Gasteiger partial charge in [-0.3, -0.25) is 9.78 Å². The predicted octanol–water partition coefficient (Wildman–Crippen LogP) is 3.11. The zero-order chi connectivity index (χ0) is 15.6. The Morgan fingerprint density at radius 1 is 1.43 bits per heavy atom. The van der Waals surface area contributed by atoms with Crippen LogP contribution >= 0.6 is 11.3 Å². The Labute approximate surface area is 138 Å². The summed E-state index contributed by atoms with van der Waals surface area (Å²) in [7, 11) is 0. The van der Waals surface area contributed by atoms with Crippen LogP contribution in [0, 0.1) is 5.92 Å². The number of nitrogens with one attached hydrogen (secondary N) is 1. The summed E-state index contributed by atoms with van der Waals surface area (Å²) in [5.41, 5.74) is 3.89. The summed E-state index contributed by atoms with van der Waals surface area (Å²) in [5.74, 6) is 0.621. The molecule has 1 saturated heterocycles. The third kappa shape index (κ3) is 2.99. The molecule has 1 aliphatic heterocycles. The van der Waals surface area contributed by atoms with Crippen molar-refractivity contribution in [1.29, 1.82) is 0 Å². The molecular formula is C17H18N4OS. The van der Waals surface area contributed by atoms with Gasteiger partial charge in [0.15, 0.2) is 0 Å². The van der Waals surface area contributed by atoms with E-state index in [1.165, 1.54) is 16.9 Å². The molecule has 5 nitrogen and oxygen atoms in total. The van der Waals surface area contributed by atoms with E-state index in [4.69, 9.17) is 0 Å². The highest BCUT2D eigenvalue weighted by molar-refractivity contribution is 7.11. The molecule has 0 bridgehead atoms. The molecule has 1 aliphatic rings. The van der Waals surface area contributed by atoms with Gasteiger partial charge in [0.2, 0.25) is 0 Å². The van der Waals surface area contributed by atoms with Crippen LogP contribution in [-0.2, 0) is 6.42 Å². The average Bonchev–Trinajstić information content (AvgIpc) is 3.25. The van der Waals surface area contributed by atoms with Crippen LogP contribution in [0.5, 0.6) is 0 Å². The Bertz CT molecular complexity index is 811. The van der Waals surface area contributed by atoms with Gasteiger partial charge in [-0.25, -0.2) is 4.98 Å². The third-order valence-electron chi connectivity index (χ3n) is 4.43. The fourth-order valence-corrected chi connectivity index (χ4v) is 3.91. The molecule has 4 rings (SSSR count). The van der Waals surface area contributed by atoms with E-state index >= 15 is 0 Å². The van der Waals surface area contributed by atoms with E-state index in [1.807, 2.05) is 23.4 Å². The Kier molecular flexibility index (Phi) is 3.83. The number of rotatable bonds is 3. The highest BCUT2D eigenvalue weighted by atomic mass is 32.1. The summed E-state index contributed by atoms with van der Waals surface area (Å²) < 4.78 is 0. The van der Waals surface area contributed by atoms with Crippen LogP contribution in [0.4, 0.5) is 0 Å². The number of hydrogen-bond acceptors (Lipinski definition) is 4. The standard InChI is InChI=1S/C17H18N4OS/c22-17(15-9-18-11-23-15)21-5-1-2-12(10-21)6-13-7-14-3-4-19-16(14)20-8-13/h3-4,7-9,11-12H,1-2,5-6,10H2,(H,19,20). The third-order valence-corrected chi connectivity index (χ3v) is 5.19. The van der Waals surface area contributed by atoms with Gasteiger partial charge >= 0.3 is 0 Å². The molecule has 0 aromatic carbocycles. The molecule has 4 heterocycles. The van der Waals surface area contributed by atoms with Crippen molar-refractivity contribution < 1.29 is 4.79 Å². The molecule has 1 N–H and O–H groups in total. The number of aromatic nitrogens is 3. The minimum Gasteiger partial charge on any atom is -0.346 e. The number of aromatic amines is 1. The van der Waals surface area contributed by atoms with E-state index < -0.39 is 0 Å². The van der Waals surface area contributed by atoms with Gasteiger partial charge in [0, 0.05) is 30.9 Å². The molecule has 1 unspecified atom stereocenters. The topological polar surface area (TPSA) is 61.9 Å². The van der Waals surface area contributed by atoms with E-state index in [-0.39, 0.29) is 5.91 Å². The van der Waals surface area contributed by atoms with Gasteiger partial charge in [0.05, 0.1) is 11.7 Å². The number of H-pyrrole nitrogens is 1. The van der Waals surface area contributed by atoms with Gasteiger partial charge in [-0.1, -0.05) is 0 Å². The predicted molar refractivity (Wildman–Crippen MR) is 90.5 cm³/mol. The quantitative estimate of drug-likeness (QED) is 0.804. The van der Waals surface area contributed by atoms with Crippen LogP contribution < -0.4 is 0 Å². The van der Waals surface area contributed by atoms with Gasteiger partial charge < -0.3 is 9.88 Å². The van der Waals surface area contributed by atoms with E-state index in [9.17, 15) is 4.79 Å². The van der Waals surface area contributed by atoms with E-state index in [0.717, 1.165) is 48.3 Å². The van der Waals surface area contributed by atoms with Crippen LogP contribution in [0.2, 0.25) is 0 Å². The van der Waals surface area contributed by atoms with Crippen molar-refractivity contribution in [3.63, 3.8) is 0 Å². The molecule has 0 radical (unpaired) electrons. The van der Waals surface area contributed by atoms with Gasteiger partial charge in [-0.05, 0) is 42.9 Å².